The fourth-order valence-corrected chi connectivity index (χ4v) is 2.93. The van der Waals surface area contributed by atoms with E-state index in [-0.39, 0.29) is 5.56 Å². The summed E-state index contributed by atoms with van der Waals surface area (Å²) in [6.45, 7) is 1.88. The average Bonchev–Trinajstić information content (AvgIpc) is 2.94. The lowest BCUT2D eigenvalue weighted by Crippen LogP contribution is -2.23. The van der Waals surface area contributed by atoms with Crippen LogP contribution in [0.5, 0.6) is 0 Å². The lowest BCUT2D eigenvalue weighted by Gasteiger charge is -2.18. The summed E-state index contributed by atoms with van der Waals surface area (Å²) in [5.74, 6) is 0.484. The predicted octanol–water partition coefficient (Wildman–Crippen LogP) is 4.44. The summed E-state index contributed by atoms with van der Waals surface area (Å²) in [5, 5.41) is 3.77. The fourth-order valence-electron chi connectivity index (χ4n) is 2.93. The van der Waals surface area contributed by atoms with Gasteiger partial charge in [-0.25, -0.2) is 5.43 Å². The van der Waals surface area contributed by atoms with Crippen molar-refractivity contribution in [1.82, 2.24) is 5.43 Å². The maximum absolute atomic E-state index is 12.7. The number of rotatable bonds is 4. The van der Waals surface area contributed by atoms with Crippen LogP contribution in [0.1, 0.15) is 47.4 Å². The molecule has 1 aromatic carbocycles. The van der Waals surface area contributed by atoms with Gasteiger partial charge in [-0.15, -0.1) is 0 Å². The monoisotopic (exact) mass is 379 g/mol. The zero-order chi connectivity index (χ0) is 19.3. The molecule has 8 heteroatoms. The van der Waals surface area contributed by atoms with Gasteiger partial charge in [0.2, 0.25) is 0 Å². The second-order valence-electron chi connectivity index (χ2n) is 6.35. The number of hydrazone groups is 1. The lowest BCUT2D eigenvalue weighted by molar-refractivity contribution is -0.137. The van der Waals surface area contributed by atoms with Crippen LogP contribution < -0.4 is 10.3 Å². The number of hydrogen-bond donors (Lipinski definition) is 1. The Bertz CT molecular complexity index is 807. The van der Waals surface area contributed by atoms with Gasteiger partial charge in [0.15, 0.2) is 5.88 Å². The van der Waals surface area contributed by atoms with Crippen LogP contribution in [0.25, 0.3) is 0 Å². The van der Waals surface area contributed by atoms with Crippen LogP contribution in [0, 0.1) is 0 Å². The van der Waals surface area contributed by atoms with Gasteiger partial charge in [-0.1, -0.05) is 18.9 Å². The van der Waals surface area contributed by atoms with Crippen LogP contribution in [-0.4, -0.2) is 25.2 Å². The second kappa shape index (κ2) is 8.28. The Morgan fingerprint density at radius 3 is 2.56 bits per heavy atom. The van der Waals surface area contributed by atoms with Crippen LogP contribution in [0.4, 0.5) is 19.1 Å². The highest BCUT2D eigenvalue weighted by atomic mass is 19.4. The molecule has 5 nitrogen and oxygen atoms in total. The topological polar surface area (TPSA) is 57.8 Å². The summed E-state index contributed by atoms with van der Waals surface area (Å²) >= 11 is 0. The summed E-state index contributed by atoms with van der Waals surface area (Å²) in [5.41, 5.74) is 1.21. The number of nitrogens with one attached hydrogen (secondary N) is 1. The summed E-state index contributed by atoms with van der Waals surface area (Å²) in [6.07, 6.45) is 1.50. The number of carbonyl (C=O) groups is 1. The first-order valence-electron chi connectivity index (χ1n) is 8.79. The van der Waals surface area contributed by atoms with Crippen molar-refractivity contribution in [3.8, 4) is 0 Å². The molecule has 0 radical (unpaired) electrons. The van der Waals surface area contributed by atoms with Crippen LogP contribution in [-0.2, 0) is 6.18 Å². The Labute approximate surface area is 154 Å². The zero-order valence-corrected chi connectivity index (χ0v) is 14.6. The number of hydrogen-bond acceptors (Lipinski definition) is 4. The molecule has 27 heavy (non-hydrogen) atoms. The quantitative estimate of drug-likeness (QED) is 0.631. The zero-order valence-electron chi connectivity index (χ0n) is 14.6. The van der Waals surface area contributed by atoms with E-state index in [0.717, 1.165) is 43.9 Å². The Morgan fingerprint density at radius 1 is 1.11 bits per heavy atom. The van der Waals surface area contributed by atoms with Gasteiger partial charge >= 0.3 is 6.18 Å². The van der Waals surface area contributed by atoms with Crippen LogP contribution >= 0.6 is 0 Å². The van der Waals surface area contributed by atoms with Gasteiger partial charge < -0.3 is 9.32 Å². The van der Waals surface area contributed by atoms with Gasteiger partial charge in [0.05, 0.1) is 11.8 Å². The lowest BCUT2D eigenvalue weighted by atomic mass is 10.1. The number of anilines is 1. The molecule has 2 aromatic rings. The predicted molar refractivity (Wildman–Crippen MR) is 95.9 cm³/mol. The molecule has 1 aliphatic rings. The number of benzene rings is 1. The van der Waals surface area contributed by atoms with E-state index in [9.17, 15) is 18.0 Å². The first-order chi connectivity index (χ1) is 12.9. The molecule has 0 saturated carbocycles. The number of halogens is 3. The molecule has 0 unspecified atom stereocenters. The summed E-state index contributed by atoms with van der Waals surface area (Å²) in [6, 6.07) is 7.76. The number of nitrogens with zero attached hydrogens (tertiary/aromatic N) is 2. The summed E-state index contributed by atoms with van der Waals surface area (Å²) < 4.78 is 43.8. The maximum Gasteiger partial charge on any atom is 0.416 e. The molecule has 3 rings (SSSR count). The standard InChI is InChI=1S/C19H20F3N3O2/c20-19(21,22)15-7-5-6-14(12-15)18(26)24-23-13-16-8-9-17(27-16)25-10-3-1-2-4-11-25/h5-9,12-13H,1-4,10-11H2,(H,24,26). The number of furan rings is 1. The normalized spacial score (nSPS) is 15.7. The van der Waals surface area contributed by atoms with E-state index >= 15 is 0 Å². The fraction of sp³-hybridized carbons (Fsp3) is 0.368. The molecule has 0 atom stereocenters. The Hall–Kier alpha value is -2.77. The molecular weight excluding hydrogens is 359 g/mol. The molecule has 0 aliphatic carbocycles. The number of amides is 1. The number of carbonyl (C=O) groups excluding carboxylic acids is 1. The minimum absolute atomic E-state index is 0.119. The minimum Gasteiger partial charge on any atom is -0.440 e. The van der Waals surface area contributed by atoms with Crippen molar-refractivity contribution in [2.45, 2.75) is 31.9 Å². The molecule has 1 N–H and O–H groups in total. The van der Waals surface area contributed by atoms with E-state index in [2.05, 4.69) is 15.4 Å². The van der Waals surface area contributed by atoms with E-state index in [0.29, 0.717) is 5.76 Å². The van der Waals surface area contributed by atoms with Crippen molar-refractivity contribution >= 4 is 18.0 Å². The molecule has 1 fully saturated rings. The highest BCUT2D eigenvalue weighted by Gasteiger charge is 2.30. The molecule has 1 saturated heterocycles. The van der Waals surface area contributed by atoms with E-state index in [1.54, 1.807) is 6.07 Å². The minimum atomic E-state index is -4.50. The van der Waals surface area contributed by atoms with Crippen molar-refractivity contribution in [2.24, 2.45) is 5.10 Å². The van der Waals surface area contributed by atoms with Crippen molar-refractivity contribution in [3.63, 3.8) is 0 Å². The van der Waals surface area contributed by atoms with Gasteiger partial charge in [0.1, 0.15) is 5.76 Å². The SMILES string of the molecule is O=C(NN=Cc1ccc(N2CCCCCC2)o1)c1cccc(C(F)(F)F)c1. The van der Waals surface area contributed by atoms with E-state index < -0.39 is 17.6 Å². The smallest absolute Gasteiger partial charge is 0.416 e. The van der Waals surface area contributed by atoms with Gasteiger partial charge in [-0.2, -0.15) is 18.3 Å². The summed E-state index contributed by atoms with van der Waals surface area (Å²) in [7, 11) is 0. The van der Waals surface area contributed by atoms with E-state index in [4.69, 9.17) is 4.42 Å². The van der Waals surface area contributed by atoms with Crippen LogP contribution in [0.2, 0.25) is 0 Å². The Morgan fingerprint density at radius 2 is 1.85 bits per heavy atom. The highest BCUT2D eigenvalue weighted by Crippen LogP contribution is 2.29. The van der Waals surface area contributed by atoms with Gasteiger partial charge in [-0.05, 0) is 37.1 Å². The molecule has 2 heterocycles. The van der Waals surface area contributed by atoms with Crippen LogP contribution in [0.15, 0.2) is 45.9 Å². The van der Waals surface area contributed by atoms with Crippen molar-refractivity contribution in [1.29, 1.82) is 0 Å². The molecule has 1 amide bonds. The highest BCUT2D eigenvalue weighted by molar-refractivity contribution is 5.94. The van der Waals surface area contributed by atoms with Crippen molar-refractivity contribution in [3.05, 3.63) is 53.3 Å². The molecular formula is C19H20F3N3O2. The van der Waals surface area contributed by atoms with Gasteiger partial charge in [0, 0.05) is 24.7 Å². The average molecular weight is 379 g/mol. The van der Waals surface area contributed by atoms with Crippen molar-refractivity contribution in [2.75, 3.05) is 18.0 Å². The third-order valence-corrected chi connectivity index (χ3v) is 4.34. The molecule has 144 valence electrons. The molecule has 0 spiro atoms. The molecule has 0 bridgehead atoms. The Balaban J connectivity index is 1.60. The third-order valence-electron chi connectivity index (χ3n) is 4.34. The Kier molecular flexibility index (Phi) is 5.83. The largest absolute Gasteiger partial charge is 0.440 e. The second-order valence-corrected chi connectivity index (χ2v) is 6.35. The molecule has 1 aromatic heterocycles. The van der Waals surface area contributed by atoms with Gasteiger partial charge in [0.25, 0.3) is 5.91 Å². The molecule has 1 aliphatic heterocycles. The third kappa shape index (κ3) is 5.12. The first-order valence-corrected chi connectivity index (χ1v) is 8.79. The van der Waals surface area contributed by atoms with E-state index in [1.165, 1.54) is 31.2 Å². The summed E-state index contributed by atoms with van der Waals surface area (Å²) in [4.78, 5) is 14.1. The van der Waals surface area contributed by atoms with E-state index in [1.807, 2.05) is 6.07 Å². The maximum atomic E-state index is 12.7. The number of alkyl halides is 3. The van der Waals surface area contributed by atoms with Gasteiger partial charge in [-0.3, -0.25) is 4.79 Å². The van der Waals surface area contributed by atoms with Crippen molar-refractivity contribution < 1.29 is 22.4 Å². The van der Waals surface area contributed by atoms with Crippen LogP contribution in [0.3, 0.4) is 0 Å². The first kappa shape index (κ1) is 19.0.